The second kappa shape index (κ2) is 10.7. The number of nitrogens with one attached hydrogen (secondary N) is 1. The molecule has 8 nitrogen and oxygen atoms in total. The quantitative estimate of drug-likeness (QED) is 0.576. The predicted molar refractivity (Wildman–Crippen MR) is 125 cm³/mol. The summed E-state index contributed by atoms with van der Waals surface area (Å²) < 4.78 is 6.42. The molecule has 3 N–H and O–H groups in total. The highest BCUT2D eigenvalue weighted by molar-refractivity contribution is 6.37. The Morgan fingerprint density at radius 1 is 1.26 bits per heavy atom. The number of halogens is 2. The zero-order chi connectivity index (χ0) is 23.3. The minimum atomic E-state index is -0.724. The molecule has 0 atom stereocenters. The lowest BCUT2D eigenvalue weighted by Gasteiger charge is -2.25. The van der Waals surface area contributed by atoms with Crippen molar-refractivity contribution in [3.8, 4) is 5.75 Å². The number of ether oxygens (including phenoxy) is 1. The average molecular weight is 471 g/mol. The molecule has 0 aliphatic rings. The van der Waals surface area contributed by atoms with Crippen LogP contribution in [0.15, 0.2) is 21.7 Å². The van der Waals surface area contributed by atoms with Crippen molar-refractivity contribution >= 4 is 40.6 Å². The molecule has 0 bridgehead atoms. The minimum absolute atomic E-state index is 0.0509. The van der Waals surface area contributed by atoms with E-state index in [2.05, 4.69) is 4.98 Å². The molecular weight excluding hydrogens is 443 g/mol. The fraction of sp³-hybridized carbons (Fsp3) is 0.476. The third-order valence-corrected chi connectivity index (χ3v) is 5.41. The average Bonchev–Trinajstić information content (AvgIpc) is 2.69. The first-order chi connectivity index (χ1) is 14.6. The summed E-state index contributed by atoms with van der Waals surface area (Å²) in [5.74, 6) is -0.0567. The third kappa shape index (κ3) is 5.62. The third-order valence-electron chi connectivity index (χ3n) is 4.84. The molecule has 0 radical (unpaired) electrons. The Hall–Kier alpha value is -2.45. The number of nitrogens with two attached hydrogens (primary N) is 1. The highest BCUT2D eigenvalue weighted by atomic mass is 35.5. The second-order valence-electron chi connectivity index (χ2n) is 7.61. The maximum atomic E-state index is 13.4. The standard InChI is InChI=1S/C21H28Cl2N4O4/c1-5-6-8-27-18(24)16(19(28)25-21(27)30)26(9-7-12(2)3)20(29)13-10-14(22)17(31-4)15(23)11-13/h10-12H,5-9,24H2,1-4H3,(H,25,28,30). The van der Waals surface area contributed by atoms with Gasteiger partial charge in [-0.05, 0) is 30.9 Å². The number of aromatic amines is 1. The van der Waals surface area contributed by atoms with Crippen LogP contribution in [0.5, 0.6) is 5.75 Å². The van der Waals surface area contributed by atoms with Gasteiger partial charge in [0.15, 0.2) is 11.4 Å². The smallest absolute Gasteiger partial charge is 0.330 e. The first kappa shape index (κ1) is 24.8. The summed E-state index contributed by atoms with van der Waals surface area (Å²) in [4.78, 5) is 42.0. The molecule has 2 rings (SSSR count). The molecule has 0 unspecified atom stereocenters. The number of carbonyl (C=O) groups is 1. The number of methoxy groups -OCH3 is 1. The van der Waals surface area contributed by atoms with Crippen LogP contribution in [0.4, 0.5) is 11.5 Å². The number of H-pyrrole nitrogens is 1. The Balaban J connectivity index is 2.64. The van der Waals surface area contributed by atoms with Crippen molar-refractivity contribution in [2.24, 2.45) is 5.92 Å². The first-order valence-electron chi connectivity index (χ1n) is 10.1. The summed E-state index contributed by atoms with van der Waals surface area (Å²) in [5.41, 5.74) is 5.01. The highest BCUT2D eigenvalue weighted by Gasteiger charge is 2.26. The van der Waals surface area contributed by atoms with E-state index in [0.717, 1.165) is 6.42 Å². The van der Waals surface area contributed by atoms with Crippen LogP contribution in [0, 0.1) is 5.92 Å². The van der Waals surface area contributed by atoms with Crippen LogP contribution < -0.4 is 26.6 Å². The van der Waals surface area contributed by atoms with Gasteiger partial charge in [-0.2, -0.15) is 0 Å². The lowest BCUT2D eigenvalue weighted by molar-refractivity contribution is 0.0985. The number of hydrogen-bond acceptors (Lipinski definition) is 5. The van der Waals surface area contributed by atoms with Crippen molar-refractivity contribution in [1.29, 1.82) is 0 Å². The number of unbranched alkanes of at least 4 members (excludes halogenated alkanes) is 1. The Kier molecular flexibility index (Phi) is 8.59. The van der Waals surface area contributed by atoms with Crippen molar-refractivity contribution in [3.63, 3.8) is 0 Å². The fourth-order valence-electron chi connectivity index (χ4n) is 3.11. The number of rotatable bonds is 9. The van der Waals surface area contributed by atoms with Gasteiger partial charge in [-0.1, -0.05) is 50.4 Å². The number of nitrogens with zero attached hydrogens (tertiary/aromatic N) is 2. The Morgan fingerprint density at radius 3 is 2.39 bits per heavy atom. The van der Waals surface area contributed by atoms with Gasteiger partial charge in [-0.25, -0.2) is 4.79 Å². The number of amides is 1. The molecule has 31 heavy (non-hydrogen) atoms. The molecule has 0 spiro atoms. The van der Waals surface area contributed by atoms with E-state index in [1.807, 2.05) is 20.8 Å². The van der Waals surface area contributed by atoms with Crippen LogP contribution in [-0.4, -0.2) is 29.1 Å². The zero-order valence-electron chi connectivity index (χ0n) is 18.1. The molecule has 1 aromatic heterocycles. The summed E-state index contributed by atoms with van der Waals surface area (Å²) in [7, 11) is 1.42. The van der Waals surface area contributed by atoms with Crippen molar-refractivity contribution in [3.05, 3.63) is 48.6 Å². The van der Waals surface area contributed by atoms with Gasteiger partial charge in [-0.3, -0.25) is 19.1 Å². The monoisotopic (exact) mass is 470 g/mol. The van der Waals surface area contributed by atoms with Crippen molar-refractivity contribution in [2.45, 2.75) is 46.6 Å². The van der Waals surface area contributed by atoms with Gasteiger partial charge < -0.3 is 15.4 Å². The molecule has 2 aromatic rings. The van der Waals surface area contributed by atoms with E-state index >= 15 is 0 Å². The molecule has 0 fully saturated rings. The number of nitrogen functional groups attached to an aromatic ring is 1. The summed E-state index contributed by atoms with van der Waals surface area (Å²) in [6.45, 7) is 6.52. The van der Waals surface area contributed by atoms with Crippen LogP contribution in [0.25, 0.3) is 0 Å². The maximum absolute atomic E-state index is 13.4. The van der Waals surface area contributed by atoms with Gasteiger partial charge in [0.1, 0.15) is 5.82 Å². The van der Waals surface area contributed by atoms with Gasteiger partial charge in [0.25, 0.3) is 11.5 Å². The van der Waals surface area contributed by atoms with Crippen LogP contribution in [0.3, 0.4) is 0 Å². The topological polar surface area (TPSA) is 110 Å². The number of carbonyl (C=O) groups excluding carboxylic acids is 1. The highest BCUT2D eigenvalue weighted by Crippen LogP contribution is 2.34. The van der Waals surface area contributed by atoms with E-state index in [9.17, 15) is 14.4 Å². The van der Waals surface area contributed by atoms with Crippen molar-refractivity contribution in [2.75, 3.05) is 24.3 Å². The molecule has 1 aromatic carbocycles. The van der Waals surface area contributed by atoms with E-state index in [1.54, 1.807) is 0 Å². The van der Waals surface area contributed by atoms with E-state index in [4.69, 9.17) is 33.7 Å². The minimum Gasteiger partial charge on any atom is -0.494 e. The molecule has 0 aliphatic carbocycles. The van der Waals surface area contributed by atoms with Crippen LogP contribution in [-0.2, 0) is 6.54 Å². The van der Waals surface area contributed by atoms with E-state index in [-0.39, 0.29) is 45.3 Å². The first-order valence-corrected chi connectivity index (χ1v) is 10.8. The summed E-state index contributed by atoms with van der Waals surface area (Å²) in [5, 5.41) is 0.328. The van der Waals surface area contributed by atoms with Gasteiger partial charge >= 0.3 is 5.69 Å². The predicted octanol–water partition coefficient (Wildman–Crippen LogP) is 3.93. The number of benzene rings is 1. The van der Waals surface area contributed by atoms with Crippen LogP contribution in [0.2, 0.25) is 10.0 Å². The van der Waals surface area contributed by atoms with Gasteiger partial charge in [0.05, 0.1) is 17.2 Å². The van der Waals surface area contributed by atoms with Gasteiger partial charge in [-0.15, -0.1) is 0 Å². The van der Waals surface area contributed by atoms with Crippen molar-refractivity contribution in [1.82, 2.24) is 9.55 Å². The van der Waals surface area contributed by atoms with Crippen LogP contribution in [0.1, 0.15) is 50.4 Å². The van der Waals surface area contributed by atoms with Crippen molar-refractivity contribution < 1.29 is 9.53 Å². The number of anilines is 2. The summed E-state index contributed by atoms with van der Waals surface area (Å²) in [6.07, 6.45) is 2.13. The Bertz CT molecular complexity index is 1040. The molecule has 1 amide bonds. The maximum Gasteiger partial charge on any atom is 0.330 e. The molecule has 10 heteroatoms. The van der Waals surface area contributed by atoms with E-state index in [0.29, 0.717) is 19.4 Å². The second-order valence-corrected chi connectivity index (χ2v) is 8.43. The number of aromatic nitrogens is 2. The summed E-state index contributed by atoms with van der Waals surface area (Å²) >= 11 is 12.4. The Morgan fingerprint density at radius 2 is 1.87 bits per heavy atom. The SMILES string of the molecule is CCCCn1c(N)c(N(CCC(C)C)C(=O)c2cc(Cl)c(OC)c(Cl)c2)c(=O)[nH]c1=O. The molecular formula is C21H28Cl2N4O4. The largest absolute Gasteiger partial charge is 0.494 e. The van der Waals surface area contributed by atoms with E-state index in [1.165, 1.54) is 28.7 Å². The number of hydrogen-bond donors (Lipinski definition) is 2. The van der Waals surface area contributed by atoms with Gasteiger partial charge in [0, 0.05) is 18.7 Å². The lowest BCUT2D eigenvalue weighted by Crippen LogP contribution is -2.42. The van der Waals surface area contributed by atoms with Gasteiger partial charge in [0.2, 0.25) is 0 Å². The van der Waals surface area contributed by atoms with Crippen LogP contribution >= 0.6 is 23.2 Å². The molecule has 0 aliphatic heterocycles. The normalized spacial score (nSPS) is 11.1. The molecule has 0 saturated carbocycles. The Labute approximate surface area is 190 Å². The zero-order valence-corrected chi connectivity index (χ0v) is 19.6. The molecule has 0 saturated heterocycles. The molecule has 170 valence electrons. The summed E-state index contributed by atoms with van der Waals surface area (Å²) in [6, 6.07) is 2.85. The molecule has 1 heterocycles. The fourth-order valence-corrected chi connectivity index (χ4v) is 3.75. The van der Waals surface area contributed by atoms with E-state index < -0.39 is 17.2 Å². The lowest BCUT2D eigenvalue weighted by atomic mass is 10.1.